The Bertz CT molecular complexity index is 1520. The first kappa shape index (κ1) is 28.7. The molecule has 0 aliphatic heterocycles. The molecule has 4 rings (SSSR count). The molecule has 39 heavy (non-hydrogen) atoms. The molecule has 2 aromatic carbocycles. The Morgan fingerprint density at radius 3 is 2.44 bits per heavy atom. The van der Waals surface area contributed by atoms with Crippen LogP contribution in [-0.4, -0.2) is 48.2 Å². The number of aryl methyl sites for hydroxylation is 1. The van der Waals surface area contributed by atoms with Crippen LogP contribution < -0.4 is 19.1 Å². The summed E-state index contributed by atoms with van der Waals surface area (Å²) in [6.45, 7) is -0.693. The molecule has 0 fully saturated rings. The molecule has 1 aliphatic rings. The summed E-state index contributed by atoms with van der Waals surface area (Å²) in [5, 5.41) is 2.67. The summed E-state index contributed by atoms with van der Waals surface area (Å²) in [4.78, 5) is 26.7. The van der Waals surface area contributed by atoms with Crippen LogP contribution in [0.4, 0.5) is 15.1 Å². The van der Waals surface area contributed by atoms with E-state index in [-0.39, 0.29) is 26.9 Å². The van der Waals surface area contributed by atoms with E-state index in [4.69, 9.17) is 25.8 Å². The van der Waals surface area contributed by atoms with Gasteiger partial charge >= 0.3 is 5.97 Å². The highest BCUT2D eigenvalue weighted by atomic mass is 35.5. The number of rotatable bonds is 9. The number of halogens is 2. The number of carbonyl (C=O) groups excluding carboxylic acids is 2. The number of hydrogen-bond acceptors (Lipinski definition) is 8. The molecule has 13 heteroatoms. The van der Waals surface area contributed by atoms with Crippen molar-refractivity contribution in [3.8, 4) is 11.5 Å². The van der Waals surface area contributed by atoms with Crippen molar-refractivity contribution in [2.24, 2.45) is 0 Å². The van der Waals surface area contributed by atoms with Crippen molar-refractivity contribution in [3.05, 3.63) is 63.2 Å². The molecule has 1 aromatic heterocycles. The fourth-order valence-electron chi connectivity index (χ4n) is 4.33. The van der Waals surface area contributed by atoms with Crippen LogP contribution in [-0.2, 0) is 32.4 Å². The number of amides is 1. The van der Waals surface area contributed by atoms with Crippen LogP contribution in [0, 0.1) is 5.82 Å². The molecule has 0 saturated heterocycles. The molecule has 0 unspecified atom stereocenters. The lowest BCUT2D eigenvalue weighted by Gasteiger charge is -2.24. The van der Waals surface area contributed by atoms with E-state index in [0.29, 0.717) is 17.2 Å². The minimum Gasteiger partial charge on any atom is -0.493 e. The number of thiophene rings is 1. The highest BCUT2D eigenvalue weighted by molar-refractivity contribution is 7.92. The SMILES string of the molecule is COC(=O)c1c(NC(=O)CN(c2ccc(F)c(Cl)c2)S(=O)(=O)c2ccc(OC)c(OC)c2)sc2c1CCCC2. The molecule has 3 aromatic rings. The maximum absolute atomic E-state index is 13.9. The first-order valence-corrected chi connectivity index (χ1v) is 14.5. The number of anilines is 2. The van der Waals surface area contributed by atoms with Gasteiger partial charge in [0, 0.05) is 10.9 Å². The number of nitrogens with zero attached hydrogens (tertiary/aromatic N) is 1. The van der Waals surface area contributed by atoms with E-state index in [9.17, 15) is 22.4 Å². The lowest BCUT2D eigenvalue weighted by Crippen LogP contribution is -2.38. The summed E-state index contributed by atoms with van der Waals surface area (Å²) in [5.41, 5.74) is 1.09. The first-order valence-electron chi connectivity index (χ1n) is 11.8. The summed E-state index contributed by atoms with van der Waals surface area (Å²) in [5.74, 6) is -1.58. The summed E-state index contributed by atoms with van der Waals surface area (Å²) in [6, 6.07) is 7.31. The highest BCUT2D eigenvalue weighted by Crippen LogP contribution is 2.39. The monoisotopic (exact) mass is 596 g/mol. The van der Waals surface area contributed by atoms with E-state index < -0.39 is 34.3 Å². The van der Waals surface area contributed by atoms with Crippen molar-refractivity contribution in [2.45, 2.75) is 30.6 Å². The molecule has 0 saturated carbocycles. The molecule has 0 bridgehead atoms. The van der Waals surface area contributed by atoms with Crippen LogP contribution in [0.15, 0.2) is 41.3 Å². The Hall–Kier alpha value is -3.35. The second-order valence-corrected chi connectivity index (χ2v) is 12.0. The van der Waals surface area contributed by atoms with Gasteiger partial charge in [-0.2, -0.15) is 0 Å². The van der Waals surface area contributed by atoms with E-state index >= 15 is 0 Å². The number of nitrogens with one attached hydrogen (secondary N) is 1. The van der Waals surface area contributed by atoms with Crippen molar-refractivity contribution >= 4 is 55.5 Å². The lowest BCUT2D eigenvalue weighted by molar-refractivity contribution is -0.114. The minimum absolute atomic E-state index is 0.0370. The van der Waals surface area contributed by atoms with Gasteiger partial charge in [0.1, 0.15) is 17.4 Å². The fourth-order valence-corrected chi connectivity index (χ4v) is 7.23. The van der Waals surface area contributed by atoms with Crippen LogP contribution in [0.3, 0.4) is 0 Å². The average Bonchev–Trinajstić information content (AvgIpc) is 3.29. The van der Waals surface area contributed by atoms with Crippen molar-refractivity contribution in [2.75, 3.05) is 37.5 Å². The van der Waals surface area contributed by atoms with E-state index in [1.165, 1.54) is 56.9 Å². The molecule has 1 amide bonds. The van der Waals surface area contributed by atoms with Crippen LogP contribution >= 0.6 is 22.9 Å². The van der Waals surface area contributed by atoms with Crippen molar-refractivity contribution in [1.82, 2.24) is 0 Å². The van der Waals surface area contributed by atoms with Crippen LogP contribution in [0.2, 0.25) is 5.02 Å². The Morgan fingerprint density at radius 2 is 1.77 bits per heavy atom. The molecule has 1 heterocycles. The molecule has 0 spiro atoms. The summed E-state index contributed by atoms with van der Waals surface area (Å²) in [7, 11) is -0.363. The van der Waals surface area contributed by atoms with E-state index in [2.05, 4.69) is 5.32 Å². The first-order chi connectivity index (χ1) is 18.6. The predicted octanol–water partition coefficient (Wildman–Crippen LogP) is 5.06. The maximum Gasteiger partial charge on any atom is 0.341 e. The maximum atomic E-state index is 13.9. The van der Waals surface area contributed by atoms with Gasteiger partial charge < -0.3 is 19.5 Å². The number of esters is 1. The summed E-state index contributed by atoms with van der Waals surface area (Å²) < 4.78 is 57.7. The molecule has 208 valence electrons. The van der Waals surface area contributed by atoms with Gasteiger partial charge in [-0.25, -0.2) is 17.6 Å². The van der Waals surface area contributed by atoms with Crippen molar-refractivity contribution in [3.63, 3.8) is 0 Å². The Kier molecular flexibility index (Phi) is 8.67. The molecule has 0 atom stereocenters. The van der Waals surface area contributed by atoms with Gasteiger partial charge in [0.15, 0.2) is 11.5 Å². The fraction of sp³-hybridized carbons (Fsp3) is 0.308. The van der Waals surface area contributed by atoms with E-state index in [1.807, 2.05) is 0 Å². The van der Waals surface area contributed by atoms with Gasteiger partial charge in [-0.3, -0.25) is 9.10 Å². The Balaban J connectivity index is 1.73. The third kappa shape index (κ3) is 5.82. The third-order valence-electron chi connectivity index (χ3n) is 6.24. The van der Waals surface area contributed by atoms with Crippen LogP contribution in [0.1, 0.15) is 33.6 Å². The number of fused-ring (bicyclic) bond motifs is 1. The largest absolute Gasteiger partial charge is 0.493 e. The van der Waals surface area contributed by atoms with E-state index in [0.717, 1.165) is 46.1 Å². The third-order valence-corrected chi connectivity index (χ3v) is 9.50. The van der Waals surface area contributed by atoms with Gasteiger partial charge in [-0.1, -0.05) is 11.6 Å². The zero-order chi connectivity index (χ0) is 28.3. The second-order valence-electron chi connectivity index (χ2n) is 8.58. The Labute approximate surface area is 234 Å². The summed E-state index contributed by atoms with van der Waals surface area (Å²) >= 11 is 7.23. The van der Waals surface area contributed by atoms with Crippen LogP contribution in [0.5, 0.6) is 11.5 Å². The van der Waals surface area contributed by atoms with Gasteiger partial charge in [0.05, 0.1) is 42.5 Å². The van der Waals surface area contributed by atoms with Gasteiger partial charge in [-0.15, -0.1) is 11.3 Å². The minimum atomic E-state index is -4.39. The standard InChI is InChI=1S/C26H26ClFN2O7S2/c1-35-20-11-9-16(13-21(20)36-2)39(33,34)30(15-8-10-19(28)18(27)12-15)14-23(31)29-25-24(26(32)37-3)17-6-4-5-7-22(17)38-25/h8-13H,4-7,14H2,1-3H3,(H,29,31). The number of benzene rings is 2. The lowest BCUT2D eigenvalue weighted by atomic mass is 9.95. The highest BCUT2D eigenvalue weighted by Gasteiger charge is 2.31. The van der Waals surface area contributed by atoms with Crippen molar-refractivity contribution < 1.29 is 36.6 Å². The molecule has 0 radical (unpaired) electrons. The molecule has 1 N–H and O–H groups in total. The number of sulfonamides is 1. The number of hydrogen-bond donors (Lipinski definition) is 1. The average molecular weight is 597 g/mol. The quantitative estimate of drug-likeness (QED) is 0.344. The number of methoxy groups -OCH3 is 3. The molecular formula is C26H26ClFN2O7S2. The van der Waals surface area contributed by atoms with Gasteiger partial charge in [0.2, 0.25) is 5.91 Å². The summed E-state index contributed by atoms with van der Waals surface area (Å²) in [6.07, 6.45) is 3.32. The predicted molar refractivity (Wildman–Crippen MR) is 146 cm³/mol. The number of carbonyl (C=O) groups is 2. The van der Waals surface area contributed by atoms with E-state index in [1.54, 1.807) is 0 Å². The molecule has 9 nitrogen and oxygen atoms in total. The van der Waals surface area contributed by atoms with Gasteiger partial charge in [0.25, 0.3) is 10.0 Å². The number of ether oxygens (including phenoxy) is 3. The Morgan fingerprint density at radius 1 is 1.05 bits per heavy atom. The van der Waals surface area contributed by atoms with Crippen molar-refractivity contribution in [1.29, 1.82) is 0 Å². The zero-order valence-corrected chi connectivity index (χ0v) is 23.8. The topological polar surface area (TPSA) is 111 Å². The smallest absolute Gasteiger partial charge is 0.341 e. The van der Waals surface area contributed by atoms with Gasteiger partial charge in [-0.05, 0) is 61.6 Å². The zero-order valence-electron chi connectivity index (χ0n) is 21.4. The molecular weight excluding hydrogens is 571 g/mol. The normalized spacial score (nSPS) is 12.8. The van der Waals surface area contributed by atoms with Crippen LogP contribution in [0.25, 0.3) is 0 Å². The second kappa shape index (κ2) is 11.8. The molecule has 1 aliphatic carbocycles.